The molecule has 0 aromatic carbocycles. The average Bonchev–Trinajstić information content (AvgIpc) is 3.22. The fraction of sp³-hybridized carbons (Fsp3) is 0.524. The van der Waals surface area contributed by atoms with Gasteiger partial charge in [-0.25, -0.2) is 28.4 Å². The number of piperazine rings is 1. The van der Waals surface area contributed by atoms with Crippen LogP contribution in [0.1, 0.15) is 24.8 Å². The van der Waals surface area contributed by atoms with Gasteiger partial charge in [0.25, 0.3) is 0 Å². The zero-order valence-electron chi connectivity index (χ0n) is 18.1. The molecule has 0 saturated carbocycles. The van der Waals surface area contributed by atoms with E-state index in [-0.39, 0.29) is 0 Å². The van der Waals surface area contributed by atoms with E-state index in [0.717, 1.165) is 65.5 Å². The van der Waals surface area contributed by atoms with E-state index in [1.807, 2.05) is 0 Å². The van der Waals surface area contributed by atoms with Crippen molar-refractivity contribution in [2.24, 2.45) is 0 Å². The molecule has 11 heteroatoms. The highest BCUT2D eigenvalue weighted by atomic mass is 32.2. The summed E-state index contributed by atoms with van der Waals surface area (Å²) in [5.41, 5.74) is 3.93. The number of piperidine rings is 1. The molecule has 2 aliphatic heterocycles. The summed E-state index contributed by atoms with van der Waals surface area (Å²) in [7, 11) is -3.13. The molecule has 3 aromatic rings. The van der Waals surface area contributed by atoms with Crippen LogP contribution in [0.4, 0.5) is 5.95 Å². The number of rotatable bonds is 5. The van der Waals surface area contributed by atoms with E-state index in [0.29, 0.717) is 26.2 Å². The normalized spacial score (nSPS) is 19.0. The third-order valence-electron chi connectivity index (χ3n) is 6.14. The fourth-order valence-electron chi connectivity index (χ4n) is 4.38. The molecule has 170 valence electrons. The van der Waals surface area contributed by atoms with Gasteiger partial charge in [-0.2, -0.15) is 4.31 Å². The predicted molar refractivity (Wildman–Crippen MR) is 126 cm³/mol. The topological polar surface area (TPSA) is 95.4 Å². The van der Waals surface area contributed by atoms with E-state index >= 15 is 0 Å². The molecular formula is C21H27N7O2S2. The van der Waals surface area contributed by atoms with Crippen LogP contribution in [0.5, 0.6) is 0 Å². The zero-order chi connectivity index (χ0) is 22.1. The molecule has 3 aromatic heterocycles. The minimum absolute atomic E-state index is 0.529. The van der Waals surface area contributed by atoms with Crippen molar-refractivity contribution in [1.29, 1.82) is 0 Å². The maximum atomic E-state index is 11.8. The Balaban J connectivity index is 1.48. The highest BCUT2D eigenvalue weighted by Crippen LogP contribution is 2.35. The molecule has 0 amide bonds. The lowest BCUT2D eigenvalue weighted by Crippen LogP contribution is -2.47. The van der Waals surface area contributed by atoms with Crippen molar-refractivity contribution in [2.45, 2.75) is 25.8 Å². The van der Waals surface area contributed by atoms with Gasteiger partial charge in [-0.3, -0.25) is 4.90 Å². The Morgan fingerprint density at radius 1 is 0.969 bits per heavy atom. The molecule has 0 N–H and O–H groups in total. The summed E-state index contributed by atoms with van der Waals surface area (Å²) >= 11 is 1.65. The smallest absolute Gasteiger partial charge is 0.226 e. The lowest BCUT2D eigenvalue weighted by Gasteiger charge is -2.33. The van der Waals surface area contributed by atoms with Gasteiger partial charge >= 0.3 is 0 Å². The maximum absolute atomic E-state index is 11.8. The molecule has 5 heterocycles. The number of aromatic nitrogens is 4. The largest absolute Gasteiger partial charge is 0.341 e. The van der Waals surface area contributed by atoms with Crippen molar-refractivity contribution in [3.63, 3.8) is 0 Å². The monoisotopic (exact) mass is 473 g/mol. The number of sulfonamides is 1. The van der Waals surface area contributed by atoms with E-state index in [9.17, 15) is 8.42 Å². The van der Waals surface area contributed by atoms with Crippen LogP contribution < -0.4 is 4.90 Å². The van der Waals surface area contributed by atoms with E-state index in [1.165, 1.54) is 19.0 Å². The standard InChI is InChI=1S/C21H27N7O2S2/c1-32(29,30)28-9-7-26(8-10-28)13-17-14-31-20-18(16-11-22-15-23-12-16)24-21(25-19(17)20)27-5-3-2-4-6-27/h11-12,14-15H,2-10,13H2,1H3. The second kappa shape index (κ2) is 8.97. The summed E-state index contributed by atoms with van der Waals surface area (Å²) in [6.45, 7) is 5.19. The van der Waals surface area contributed by atoms with Crippen LogP contribution in [0.25, 0.3) is 21.5 Å². The molecular weight excluding hydrogens is 446 g/mol. The SMILES string of the molecule is CS(=O)(=O)N1CCN(Cc2csc3c(-c4cncnc4)nc(N4CCCCC4)nc23)CC1. The van der Waals surface area contributed by atoms with Gasteiger partial charge in [0.15, 0.2) is 0 Å². The molecule has 0 unspecified atom stereocenters. The van der Waals surface area contributed by atoms with Gasteiger partial charge in [-0.1, -0.05) is 0 Å². The molecule has 0 spiro atoms. The molecule has 2 fully saturated rings. The Hall–Kier alpha value is -2.21. The summed E-state index contributed by atoms with van der Waals surface area (Å²) in [4.78, 5) is 22.9. The summed E-state index contributed by atoms with van der Waals surface area (Å²) in [5.74, 6) is 0.776. The van der Waals surface area contributed by atoms with Crippen LogP contribution in [-0.4, -0.2) is 83.1 Å². The van der Waals surface area contributed by atoms with Crippen LogP contribution >= 0.6 is 11.3 Å². The first kappa shape index (κ1) is 21.6. The predicted octanol–water partition coefficient (Wildman–Crippen LogP) is 2.22. The minimum Gasteiger partial charge on any atom is -0.341 e. The summed E-state index contributed by atoms with van der Waals surface area (Å²) in [5, 5.41) is 2.16. The summed E-state index contributed by atoms with van der Waals surface area (Å²) in [6.07, 6.45) is 9.99. The van der Waals surface area contributed by atoms with Crippen molar-refractivity contribution >= 4 is 37.5 Å². The Morgan fingerprint density at radius 3 is 2.38 bits per heavy atom. The Bertz CT molecular complexity index is 1190. The Kier molecular flexibility index (Phi) is 6.06. The van der Waals surface area contributed by atoms with Gasteiger partial charge in [0.1, 0.15) is 6.33 Å². The van der Waals surface area contributed by atoms with Gasteiger partial charge in [0.05, 0.1) is 22.2 Å². The van der Waals surface area contributed by atoms with Crippen LogP contribution in [0.2, 0.25) is 0 Å². The van der Waals surface area contributed by atoms with E-state index < -0.39 is 10.0 Å². The van der Waals surface area contributed by atoms with Crippen molar-refractivity contribution in [2.75, 3.05) is 50.4 Å². The first-order chi connectivity index (χ1) is 15.5. The highest BCUT2D eigenvalue weighted by Gasteiger charge is 2.25. The molecule has 5 rings (SSSR count). The fourth-order valence-corrected chi connectivity index (χ4v) is 6.21. The lowest BCUT2D eigenvalue weighted by molar-refractivity contribution is 0.183. The van der Waals surface area contributed by atoms with Crippen LogP contribution in [-0.2, 0) is 16.6 Å². The molecule has 2 aliphatic rings. The van der Waals surface area contributed by atoms with Crippen LogP contribution in [0.3, 0.4) is 0 Å². The molecule has 32 heavy (non-hydrogen) atoms. The number of hydrogen-bond acceptors (Lipinski definition) is 9. The summed E-state index contributed by atoms with van der Waals surface area (Å²) in [6, 6.07) is 0. The van der Waals surface area contributed by atoms with Crippen molar-refractivity contribution < 1.29 is 8.42 Å². The zero-order valence-corrected chi connectivity index (χ0v) is 19.8. The second-order valence-electron chi connectivity index (χ2n) is 8.42. The Morgan fingerprint density at radius 2 is 1.69 bits per heavy atom. The van der Waals surface area contributed by atoms with Crippen LogP contribution in [0, 0.1) is 0 Å². The lowest BCUT2D eigenvalue weighted by atomic mass is 10.1. The van der Waals surface area contributed by atoms with Crippen LogP contribution in [0.15, 0.2) is 24.1 Å². The average molecular weight is 474 g/mol. The van der Waals surface area contributed by atoms with Gasteiger partial charge in [0.2, 0.25) is 16.0 Å². The van der Waals surface area contributed by atoms with Crippen molar-refractivity contribution in [3.05, 3.63) is 29.7 Å². The van der Waals surface area contributed by atoms with Crippen molar-refractivity contribution in [3.8, 4) is 11.3 Å². The van der Waals surface area contributed by atoms with Gasteiger partial charge in [-0.05, 0) is 24.6 Å². The second-order valence-corrected chi connectivity index (χ2v) is 11.3. The van der Waals surface area contributed by atoms with E-state index in [2.05, 4.69) is 25.1 Å². The van der Waals surface area contributed by atoms with Gasteiger partial charge in [-0.15, -0.1) is 11.3 Å². The van der Waals surface area contributed by atoms with Gasteiger partial charge in [0, 0.05) is 69.3 Å². The quantitative estimate of drug-likeness (QED) is 0.557. The van der Waals surface area contributed by atoms with Crippen molar-refractivity contribution in [1.82, 2.24) is 29.1 Å². The third-order valence-corrected chi connectivity index (χ3v) is 8.47. The molecule has 2 saturated heterocycles. The first-order valence-corrected chi connectivity index (χ1v) is 13.7. The molecule has 0 bridgehead atoms. The number of hydrogen-bond donors (Lipinski definition) is 0. The van der Waals surface area contributed by atoms with E-state index in [4.69, 9.17) is 9.97 Å². The molecule has 0 aliphatic carbocycles. The molecule has 9 nitrogen and oxygen atoms in total. The number of nitrogens with zero attached hydrogens (tertiary/aromatic N) is 7. The van der Waals surface area contributed by atoms with Gasteiger partial charge < -0.3 is 4.90 Å². The molecule has 0 atom stereocenters. The Labute approximate surface area is 192 Å². The molecule has 0 radical (unpaired) electrons. The third kappa shape index (κ3) is 4.47. The maximum Gasteiger partial charge on any atom is 0.226 e. The summed E-state index contributed by atoms with van der Waals surface area (Å²) < 4.78 is 26.2. The number of thiophene rings is 1. The van der Waals surface area contributed by atoms with E-state index in [1.54, 1.807) is 28.0 Å². The number of fused-ring (bicyclic) bond motifs is 1. The first-order valence-electron chi connectivity index (χ1n) is 10.9. The number of anilines is 1. The highest BCUT2D eigenvalue weighted by molar-refractivity contribution is 7.88. The minimum atomic E-state index is -3.13.